The lowest BCUT2D eigenvalue weighted by atomic mass is 9.56. The predicted molar refractivity (Wildman–Crippen MR) is 596 cm³/mol. The fourth-order valence-corrected chi connectivity index (χ4v) is 27.2. The lowest BCUT2D eigenvalue weighted by Gasteiger charge is -2.55. The van der Waals surface area contributed by atoms with E-state index in [9.17, 15) is 19.2 Å². The predicted octanol–water partition coefficient (Wildman–Crippen LogP) is 8.71. The quantitative estimate of drug-likeness (QED) is 0.0993. The molecule has 20 rings (SSSR count). The summed E-state index contributed by atoms with van der Waals surface area (Å²) in [5.41, 5.74) is 10.9. The first-order chi connectivity index (χ1) is 57.7. The molecule has 14 fully saturated rings. The Kier molecular flexibility index (Phi) is 55.4. The van der Waals surface area contributed by atoms with Crippen LogP contribution in [-0.2, 0) is 46.2 Å². The van der Waals surface area contributed by atoms with E-state index < -0.39 is 0 Å². The summed E-state index contributed by atoms with van der Waals surface area (Å²) in [6.45, 7) is 33.5. The molecule has 4 saturated heterocycles. The second kappa shape index (κ2) is 59.3. The number of ether oxygens (including phenoxy) is 3. The van der Waals surface area contributed by atoms with Gasteiger partial charge in [-0.3, -0.25) is 19.2 Å². The van der Waals surface area contributed by atoms with Crippen LogP contribution in [0.5, 0.6) is 0 Å². The average Bonchev–Trinajstić information content (AvgIpc) is 1.04. The third kappa shape index (κ3) is 42.8. The molecule has 15 aliphatic rings. The summed E-state index contributed by atoms with van der Waals surface area (Å²) in [5, 5.41) is 11.2. The summed E-state index contributed by atoms with van der Waals surface area (Å²) in [4.78, 5) is 44.7. The standard InChI is InChI=1S/C10H18Si.C10H14Si.C10H10Si.C9H10O3.C9H14Si.C8H8O4.C7H16Si.2C6H14Si.C6H8Si.C5H12Si.C5H14Si.C4H12Si.C2H8Si.3CH6Si/c11-10-4-7-1-8(5-10)3-9(2-7)6-10;2*11-10-6-5-8-3-1-2-4-9(8)7-10;10-8-6-4-1-2-5(3-4)7(6)9(11)12-8;1-6-4-7(2)9(10)8(3)5-6;9-7-5-3-1-2-4(11-3)6(5)8(10)12-7;1-2-7(8)5-3-4-6-7;1-6(7)4-2-3-5-6;2*7-6-4-2-1-3-5-6;6-5-3-1-2-4-5;1-4-5(2,3)6;1-4(2,3)5;1-2-3;3*1-2/h7-9H,1-6H2,11H3;1-4,10H,5-7H2,11H3;1-7H,11H3;4-7H,1-3H2;4-5H,1-3,10H3;3-6H,1-2H2;2-6H2,1,8H3;2-5H2,1,7H3;6H,1-5H2,7H3;1-5H,7H3;5H,1-4H2,6H3;4H2,1-3,6H3;1-3,5H3;2H2,1,3H3;3*1-2H3. The van der Waals surface area contributed by atoms with E-state index in [4.69, 9.17) is 4.74 Å². The molecule has 7 nitrogen and oxygen atoms in total. The lowest BCUT2D eigenvalue weighted by molar-refractivity contribution is -0.157. The van der Waals surface area contributed by atoms with Crippen molar-refractivity contribution >= 4 is 204 Å². The Morgan fingerprint density at radius 2 is 0.828 bits per heavy atom. The number of hydrogen-bond acceptors (Lipinski definition) is 7. The van der Waals surface area contributed by atoms with Crippen molar-refractivity contribution in [3.63, 3.8) is 0 Å². The number of fused-ring (bicyclic) bond motifs is 12. The van der Waals surface area contributed by atoms with E-state index in [2.05, 4.69) is 215 Å². The number of rotatable bonds is 2. The van der Waals surface area contributed by atoms with Crippen LogP contribution in [0, 0.1) is 74.0 Å². The molecule has 122 heavy (non-hydrogen) atoms. The molecule has 4 aliphatic heterocycles. The molecule has 22 heteroatoms. The molecule has 5 aromatic rings. The van der Waals surface area contributed by atoms with Crippen molar-refractivity contribution in [1.82, 2.24) is 0 Å². The Morgan fingerprint density at radius 1 is 0.443 bits per heavy atom. The number of cyclic esters (lactones) is 4. The van der Waals surface area contributed by atoms with Gasteiger partial charge in [0.15, 0.2) is 0 Å². The third-order valence-electron chi connectivity index (χ3n) is 27.8. The molecule has 9 atom stereocenters. The molecular formula is C100H190O7Si15. The highest BCUT2D eigenvalue weighted by molar-refractivity contribution is 6.34. The molecule has 0 aromatic heterocycles. The maximum atomic E-state index is 11.2. The minimum atomic E-state index is -0.378. The number of carbonyl (C=O) groups excluding carboxylic acids is 4. The Morgan fingerprint density at radius 3 is 1.18 bits per heavy atom. The van der Waals surface area contributed by atoms with E-state index in [0.717, 1.165) is 63.0 Å². The molecule has 9 unspecified atom stereocenters. The van der Waals surface area contributed by atoms with Crippen molar-refractivity contribution in [1.29, 1.82) is 0 Å². The zero-order valence-corrected chi connectivity index (χ0v) is 115. The van der Waals surface area contributed by atoms with Gasteiger partial charge in [-0.25, -0.2) is 0 Å². The Labute approximate surface area is 795 Å². The van der Waals surface area contributed by atoms with Gasteiger partial charge in [-0.2, -0.15) is 0 Å². The van der Waals surface area contributed by atoms with Gasteiger partial charge in [0.25, 0.3) is 0 Å². The lowest BCUT2D eigenvalue weighted by Crippen LogP contribution is -2.42. The maximum absolute atomic E-state index is 11.2. The fraction of sp³-hybridized carbons (Fsp3) is 0.680. The van der Waals surface area contributed by atoms with Gasteiger partial charge in [-0.1, -0.05) is 373 Å². The van der Waals surface area contributed by atoms with Crippen molar-refractivity contribution < 1.29 is 33.4 Å². The van der Waals surface area contributed by atoms with E-state index in [0.29, 0.717) is 21.9 Å². The molecule has 0 radical (unpaired) electrons. The molecule has 8 bridgehead atoms. The van der Waals surface area contributed by atoms with Gasteiger partial charge in [0.1, 0.15) is 0 Å². The molecule has 4 heterocycles. The number of aryl methyl sites for hydroxylation is 4. The minimum absolute atomic E-state index is 0.0426. The zero-order chi connectivity index (χ0) is 91.6. The van der Waals surface area contributed by atoms with Gasteiger partial charge in [0, 0.05) is 123 Å². The normalized spacial score (nSPS) is 27.3. The van der Waals surface area contributed by atoms with Crippen LogP contribution in [0.25, 0.3) is 10.8 Å². The highest BCUT2D eigenvalue weighted by Gasteiger charge is 2.62. The van der Waals surface area contributed by atoms with Gasteiger partial charge in [0.05, 0.1) is 35.9 Å². The van der Waals surface area contributed by atoms with Crippen LogP contribution < -0.4 is 15.6 Å². The summed E-state index contributed by atoms with van der Waals surface area (Å²) in [7, 11) is 20.0. The fourth-order valence-electron chi connectivity index (χ4n) is 20.6. The maximum Gasteiger partial charge on any atom is 0.320 e. The number of carbonyl (C=O) groups is 4. The topological polar surface area (TPSA) is 96.0 Å². The van der Waals surface area contributed by atoms with Crippen LogP contribution in [0.1, 0.15) is 289 Å². The van der Waals surface area contributed by atoms with Crippen molar-refractivity contribution in [3.05, 3.63) is 137 Å². The van der Waals surface area contributed by atoms with Gasteiger partial charge < -0.3 is 14.2 Å². The van der Waals surface area contributed by atoms with Crippen LogP contribution >= 0.6 is 0 Å². The summed E-state index contributed by atoms with van der Waals surface area (Å²) >= 11 is 0. The Bertz CT molecular complexity index is 3560. The third-order valence-corrected chi connectivity index (χ3v) is 38.6. The van der Waals surface area contributed by atoms with E-state index in [1.807, 2.05) is 6.07 Å². The van der Waals surface area contributed by atoms with E-state index in [1.54, 1.807) is 80.5 Å². The van der Waals surface area contributed by atoms with Crippen molar-refractivity contribution in [3.8, 4) is 0 Å². The summed E-state index contributed by atoms with van der Waals surface area (Å²) < 4.78 is 14.6. The highest BCUT2D eigenvalue weighted by atomic mass is 28.2. The molecule has 11 aliphatic carbocycles. The van der Waals surface area contributed by atoms with E-state index >= 15 is 0 Å². The van der Waals surface area contributed by atoms with Crippen LogP contribution in [0.2, 0.25) is 67.5 Å². The molecule has 5 aromatic carbocycles. The average molecular weight is 1930 g/mol. The number of hydrogen-bond donors (Lipinski definition) is 0. The summed E-state index contributed by atoms with van der Waals surface area (Å²) in [5.74, 6) is 2.51. The first-order valence-electron chi connectivity index (χ1n) is 50.5. The van der Waals surface area contributed by atoms with Crippen molar-refractivity contribution in [2.45, 2.75) is 375 Å². The zero-order valence-electron chi connectivity index (χ0n) is 84.9. The molecule has 692 valence electrons. The number of esters is 4. The molecular weight excluding hydrogens is 1730 g/mol. The van der Waals surface area contributed by atoms with E-state index in [1.165, 1.54) is 332 Å². The van der Waals surface area contributed by atoms with Gasteiger partial charge >= 0.3 is 23.9 Å². The smallest absolute Gasteiger partial charge is 0.320 e. The first kappa shape index (κ1) is 114. The molecule has 0 N–H and O–H groups in total. The van der Waals surface area contributed by atoms with Gasteiger partial charge in [-0.15, -0.1) is 0 Å². The van der Waals surface area contributed by atoms with Crippen molar-refractivity contribution in [2.75, 3.05) is 0 Å². The van der Waals surface area contributed by atoms with Gasteiger partial charge in [-0.05, 0) is 213 Å². The highest BCUT2D eigenvalue weighted by Crippen LogP contribution is 2.62. The summed E-state index contributed by atoms with van der Waals surface area (Å²) in [6.07, 6.45) is 47.6. The SMILES string of the molecule is CC(C)(C)[SiH3].CC1([SiH3])CCCC1.CCC(C)(C)[SiH3].CCC1([SiH3])CCCC1.CC[SiH3].C[SiH3].C[SiH3].C[SiH3].Cc1cc(C)c([SiH3])c(C)c1.O=C1OC(=O)C2C3CCC(C3)C12.O=C1OC(=O)C2C3CCC(O3)C12.[SiH3]C12CC3CC(CC(C3)C1)C2.[SiH3]C1CCCC1.[SiH3]C1CCCCC1.[SiH3]C1CCc2ccccc2C1.[SiH3]c1ccc2ccccc2c1.[SiH3]c1ccccc1. The van der Waals surface area contributed by atoms with Gasteiger partial charge in [0.2, 0.25) is 0 Å². The monoisotopic (exact) mass is 1920 g/mol. The van der Waals surface area contributed by atoms with Crippen molar-refractivity contribution in [2.24, 2.45) is 53.3 Å². The van der Waals surface area contributed by atoms with Crippen LogP contribution in [0.4, 0.5) is 0 Å². The van der Waals surface area contributed by atoms with Crippen LogP contribution in [0.15, 0.2) is 109 Å². The van der Waals surface area contributed by atoms with E-state index in [-0.39, 0.29) is 59.8 Å². The molecule has 10 saturated carbocycles. The minimum Gasteiger partial charge on any atom is -0.393 e. The molecule has 0 spiro atoms. The van der Waals surface area contributed by atoms with Crippen LogP contribution in [0.3, 0.4) is 0 Å². The first-order valence-corrected chi connectivity index (χ1v) is 69.4. The number of benzene rings is 5. The second-order valence-electron chi connectivity index (χ2n) is 43.1. The largest absolute Gasteiger partial charge is 0.393 e. The second-order valence-corrected chi connectivity index (χ2v) is 65.1. The van der Waals surface area contributed by atoms with Crippen LogP contribution in [-0.4, -0.2) is 190 Å². The molecule has 0 amide bonds. The Balaban J connectivity index is 0.000000341. The summed E-state index contributed by atoms with van der Waals surface area (Å²) in [6, 6.07) is 40.4. The Hall–Kier alpha value is -2.15.